The molecule has 56 valence electrons. The molecule has 0 fully saturated rings. The van der Waals surface area contributed by atoms with Crippen LogP contribution in [0.15, 0.2) is 12.1 Å². The molecule has 11 heavy (non-hydrogen) atoms. The second kappa shape index (κ2) is 2.81. The highest BCUT2D eigenvalue weighted by molar-refractivity contribution is 6.34. The van der Waals surface area contributed by atoms with Gasteiger partial charge in [-0.25, -0.2) is 0 Å². The number of nitriles is 1. The summed E-state index contributed by atoms with van der Waals surface area (Å²) in [6.45, 7) is 1.85. The lowest BCUT2D eigenvalue weighted by Crippen LogP contribution is -1.92. The van der Waals surface area contributed by atoms with Crippen molar-refractivity contribution >= 4 is 17.3 Å². The van der Waals surface area contributed by atoms with E-state index in [-0.39, 0.29) is 0 Å². The van der Waals surface area contributed by atoms with Crippen LogP contribution in [0.4, 0.5) is 5.69 Å². The van der Waals surface area contributed by atoms with E-state index in [1.54, 1.807) is 12.1 Å². The average Bonchev–Trinajstić information content (AvgIpc) is 2.01. The molecule has 0 unspecified atom stereocenters. The van der Waals surface area contributed by atoms with Gasteiger partial charge >= 0.3 is 0 Å². The summed E-state index contributed by atoms with van der Waals surface area (Å²) >= 11 is 5.75. The molecule has 0 aliphatic heterocycles. The van der Waals surface area contributed by atoms with Crippen LogP contribution >= 0.6 is 11.6 Å². The van der Waals surface area contributed by atoms with Crippen LogP contribution in [0.5, 0.6) is 0 Å². The van der Waals surface area contributed by atoms with Gasteiger partial charge in [0.2, 0.25) is 0 Å². The van der Waals surface area contributed by atoms with Gasteiger partial charge in [0.05, 0.1) is 16.3 Å². The molecule has 0 saturated heterocycles. The van der Waals surface area contributed by atoms with Crippen LogP contribution in [0, 0.1) is 18.3 Å². The number of hydrogen-bond acceptors (Lipinski definition) is 2. The van der Waals surface area contributed by atoms with Gasteiger partial charge in [-0.1, -0.05) is 17.7 Å². The van der Waals surface area contributed by atoms with Crippen LogP contribution in [-0.2, 0) is 0 Å². The number of halogens is 1. The zero-order valence-electron chi connectivity index (χ0n) is 6.06. The fraction of sp³-hybridized carbons (Fsp3) is 0.125. The van der Waals surface area contributed by atoms with E-state index in [1.807, 2.05) is 13.0 Å². The average molecular weight is 167 g/mol. The molecule has 0 aromatic heterocycles. The minimum atomic E-state index is 0.354. The van der Waals surface area contributed by atoms with Crippen LogP contribution < -0.4 is 5.73 Å². The highest BCUT2D eigenvalue weighted by Gasteiger charge is 2.04. The Morgan fingerprint density at radius 3 is 2.73 bits per heavy atom. The molecule has 0 aliphatic carbocycles. The van der Waals surface area contributed by atoms with Gasteiger partial charge in [0.25, 0.3) is 0 Å². The van der Waals surface area contributed by atoms with Gasteiger partial charge in [-0.2, -0.15) is 5.26 Å². The summed E-state index contributed by atoms with van der Waals surface area (Å²) in [7, 11) is 0. The summed E-state index contributed by atoms with van der Waals surface area (Å²) in [5, 5.41) is 8.90. The lowest BCUT2D eigenvalue weighted by Gasteiger charge is -2.02. The molecular formula is C8H7ClN2. The maximum atomic E-state index is 8.54. The molecule has 0 amide bonds. The van der Waals surface area contributed by atoms with E-state index in [0.29, 0.717) is 16.3 Å². The van der Waals surface area contributed by atoms with Gasteiger partial charge in [-0.05, 0) is 18.6 Å². The van der Waals surface area contributed by atoms with Crippen molar-refractivity contribution in [1.29, 1.82) is 5.26 Å². The van der Waals surface area contributed by atoms with Crippen molar-refractivity contribution in [1.82, 2.24) is 0 Å². The smallest absolute Gasteiger partial charge is 0.101 e. The molecule has 0 spiro atoms. The molecule has 1 aromatic rings. The summed E-state index contributed by atoms with van der Waals surface area (Å²) in [6, 6.07) is 5.39. The summed E-state index contributed by atoms with van der Waals surface area (Å²) < 4.78 is 0. The van der Waals surface area contributed by atoms with Gasteiger partial charge in [0.1, 0.15) is 6.07 Å². The van der Waals surface area contributed by atoms with Crippen LogP contribution in [-0.4, -0.2) is 0 Å². The molecular weight excluding hydrogens is 160 g/mol. The molecule has 0 saturated carbocycles. The first kappa shape index (κ1) is 7.90. The van der Waals surface area contributed by atoms with E-state index >= 15 is 0 Å². The second-order valence-electron chi connectivity index (χ2n) is 2.27. The fourth-order valence-corrected chi connectivity index (χ4v) is 1.03. The predicted molar refractivity (Wildman–Crippen MR) is 45.3 cm³/mol. The van der Waals surface area contributed by atoms with Crippen LogP contribution in [0.1, 0.15) is 11.1 Å². The molecule has 0 radical (unpaired) electrons. The normalized spacial score (nSPS) is 9.18. The maximum Gasteiger partial charge on any atom is 0.101 e. The number of hydrogen-bond donors (Lipinski definition) is 1. The van der Waals surface area contributed by atoms with Crippen molar-refractivity contribution in [2.75, 3.05) is 5.73 Å². The number of nitrogens with two attached hydrogens (primary N) is 1. The molecule has 3 heteroatoms. The number of benzene rings is 1. The number of rotatable bonds is 0. The second-order valence-corrected chi connectivity index (χ2v) is 2.65. The van der Waals surface area contributed by atoms with E-state index in [2.05, 4.69) is 0 Å². The zero-order chi connectivity index (χ0) is 8.43. The van der Waals surface area contributed by atoms with Gasteiger partial charge in [0, 0.05) is 0 Å². The Bertz CT molecular complexity index is 326. The summed E-state index contributed by atoms with van der Waals surface area (Å²) in [5.74, 6) is 0. The van der Waals surface area contributed by atoms with Crippen molar-refractivity contribution in [2.24, 2.45) is 0 Å². The maximum absolute atomic E-state index is 8.54. The van der Waals surface area contributed by atoms with Gasteiger partial charge in [-0.15, -0.1) is 0 Å². The van der Waals surface area contributed by atoms with E-state index < -0.39 is 0 Å². The lowest BCUT2D eigenvalue weighted by atomic mass is 10.1. The molecule has 1 aromatic carbocycles. The molecule has 0 bridgehead atoms. The van der Waals surface area contributed by atoms with Crippen LogP contribution in [0.25, 0.3) is 0 Å². The Balaban J connectivity index is 3.40. The molecule has 2 N–H and O–H groups in total. The molecule has 0 aliphatic rings. The van der Waals surface area contributed by atoms with Crippen molar-refractivity contribution in [3.63, 3.8) is 0 Å². The Morgan fingerprint density at radius 2 is 2.18 bits per heavy atom. The topological polar surface area (TPSA) is 49.8 Å². The third-order valence-electron chi connectivity index (χ3n) is 1.52. The first-order valence-electron chi connectivity index (χ1n) is 3.11. The van der Waals surface area contributed by atoms with Crippen molar-refractivity contribution in [3.8, 4) is 6.07 Å². The first-order valence-corrected chi connectivity index (χ1v) is 3.49. The van der Waals surface area contributed by atoms with E-state index in [0.717, 1.165) is 5.56 Å². The Hall–Kier alpha value is -1.20. The Morgan fingerprint density at radius 1 is 1.55 bits per heavy atom. The third kappa shape index (κ3) is 1.28. The monoisotopic (exact) mass is 166 g/mol. The largest absolute Gasteiger partial charge is 0.397 e. The SMILES string of the molecule is Cc1ccc(C#N)c(Cl)c1N. The van der Waals surface area contributed by atoms with E-state index in [9.17, 15) is 0 Å². The third-order valence-corrected chi connectivity index (χ3v) is 1.93. The van der Waals surface area contributed by atoms with Crippen molar-refractivity contribution < 1.29 is 0 Å². The van der Waals surface area contributed by atoms with Gasteiger partial charge in [0.15, 0.2) is 0 Å². The summed E-state index contributed by atoms with van der Waals surface area (Å²) in [6.07, 6.45) is 0. The van der Waals surface area contributed by atoms with Crippen LogP contribution in [0.2, 0.25) is 5.02 Å². The van der Waals surface area contributed by atoms with Gasteiger partial charge < -0.3 is 5.73 Å². The zero-order valence-corrected chi connectivity index (χ0v) is 6.81. The number of anilines is 1. The van der Waals surface area contributed by atoms with Crippen molar-refractivity contribution in [3.05, 3.63) is 28.3 Å². The number of nitrogens with zero attached hydrogens (tertiary/aromatic N) is 1. The molecule has 2 nitrogen and oxygen atoms in total. The standard InChI is InChI=1S/C8H7ClN2/c1-5-2-3-6(4-10)7(9)8(5)11/h2-3H,11H2,1H3. The highest BCUT2D eigenvalue weighted by Crippen LogP contribution is 2.25. The summed E-state index contributed by atoms with van der Waals surface area (Å²) in [4.78, 5) is 0. The van der Waals surface area contributed by atoms with Crippen molar-refractivity contribution in [2.45, 2.75) is 6.92 Å². The first-order chi connectivity index (χ1) is 5.16. The number of aryl methyl sites for hydroxylation is 1. The predicted octanol–water partition coefficient (Wildman–Crippen LogP) is 2.10. The minimum absolute atomic E-state index is 0.354. The number of nitrogen functional groups attached to an aromatic ring is 1. The Labute approximate surface area is 70.2 Å². The minimum Gasteiger partial charge on any atom is -0.397 e. The van der Waals surface area contributed by atoms with Crippen LogP contribution in [0.3, 0.4) is 0 Å². The molecule has 0 heterocycles. The summed E-state index contributed by atoms with van der Waals surface area (Å²) in [5.41, 5.74) is 7.39. The van der Waals surface area contributed by atoms with E-state index in [1.165, 1.54) is 0 Å². The highest BCUT2D eigenvalue weighted by atomic mass is 35.5. The quantitative estimate of drug-likeness (QED) is 0.600. The van der Waals surface area contributed by atoms with Gasteiger partial charge in [-0.3, -0.25) is 0 Å². The lowest BCUT2D eigenvalue weighted by molar-refractivity contribution is 1.43. The van der Waals surface area contributed by atoms with E-state index in [4.69, 9.17) is 22.6 Å². The molecule has 0 atom stereocenters. The Kier molecular flexibility index (Phi) is 2.02. The fourth-order valence-electron chi connectivity index (χ4n) is 0.776. The molecule has 1 rings (SSSR count).